The van der Waals surface area contributed by atoms with Gasteiger partial charge in [-0.05, 0) is 57.7 Å². The van der Waals surface area contributed by atoms with Crippen molar-refractivity contribution in [2.75, 3.05) is 16.8 Å². The SMILES string of the molecule is CCCSc1ccc(N)c(NC(=O)c2sccc2Br)c1. The van der Waals surface area contributed by atoms with Gasteiger partial charge in [-0.1, -0.05) is 6.92 Å². The number of amides is 1. The van der Waals surface area contributed by atoms with E-state index < -0.39 is 0 Å². The van der Waals surface area contributed by atoms with Crippen molar-refractivity contribution in [3.05, 3.63) is 39.0 Å². The molecule has 20 heavy (non-hydrogen) atoms. The first-order chi connectivity index (χ1) is 9.61. The van der Waals surface area contributed by atoms with Crippen LogP contribution in [0.1, 0.15) is 23.0 Å². The predicted octanol–water partition coefficient (Wildman–Crippen LogP) is 4.85. The van der Waals surface area contributed by atoms with E-state index in [-0.39, 0.29) is 5.91 Å². The minimum atomic E-state index is -0.142. The zero-order chi connectivity index (χ0) is 14.5. The van der Waals surface area contributed by atoms with Gasteiger partial charge in [-0.3, -0.25) is 4.79 Å². The lowest BCUT2D eigenvalue weighted by Gasteiger charge is -2.09. The molecule has 106 valence electrons. The van der Waals surface area contributed by atoms with Gasteiger partial charge >= 0.3 is 0 Å². The molecule has 1 aromatic carbocycles. The highest BCUT2D eigenvalue weighted by molar-refractivity contribution is 9.10. The van der Waals surface area contributed by atoms with Crippen LogP contribution in [-0.4, -0.2) is 11.7 Å². The highest BCUT2D eigenvalue weighted by Gasteiger charge is 2.13. The zero-order valence-electron chi connectivity index (χ0n) is 11.0. The standard InChI is InChI=1S/C14H15BrN2OS2/c1-2-6-19-9-3-4-11(16)12(8-9)17-14(18)13-10(15)5-7-20-13/h3-5,7-8H,2,6,16H2,1H3,(H,17,18). The Hall–Kier alpha value is -0.980. The van der Waals surface area contributed by atoms with Gasteiger partial charge < -0.3 is 11.1 Å². The Kier molecular flexibility index (Phi) is 5.51. The number of nitrogens with one attached hydrogen (secondary N) is 1. The van der Waals surface area contributed by atoms with Gasteiger partial charge in [0.2, 0.25) is 0 Å². The first-order valence-electron chi connectivity index (χ1n) is 6.18. The zero-order valence-corrected chi connectivity index (χ0v) is 14.2. The number of hydrogen-bond acceptors (Lipinski definition) is 4. The number of benzene rings is 1. The van der Waals surface area contributed by atoms with Gasteiger partial charge in [0.15, 0.2) is 0 Å². The van der Waals surface area contributed by atoms with E-state index in [9.17, 15) is 4.79 Å². The molecule has 3 N–H and O–H groups in total. The van der Waals surface area contributed by atoms with Crippen molar-refractivity contribution >= 4 is 56.3 Å². The number of halogens is 1. The Morgan fingerprint density at radius 3 is 2.90 bits per heavy atom. The van der Waals surface area contributed by atoms with E-state index in [4.69, 9.17) is 5.73 Å². The number of nitrogen functional groups attached to an aromatic ring is 1. The third-order valence-corrected chi connectivity index (χ3v) is 5.61. The van der Waals surface area contributed by atoms with Gasteiger partial charge in [0.05, 0.1) is 11.4 Å². The van der Waals surface area contributed by atoms with Crippen molar-refractivity contribution in [1.82, 2.24) is 0 Å². The molecule has 0 atom stereocenters. The number of carbonyl (C=O) groups excluding carboxylic acids is 1. The summed E-state index contributed by atoms with van der Waals surface area (Å²) in [7, 11) is 0. The van der Waals surface area contributed by atoms with Crippen molar-refractivity contribution in [2.24, 2.45) is 0 Å². The molecular weight excluding hydrogens is 356 g/mol. The average Bonchev–Trinajstić information content (AvgIpc) is 2.86. The summed E-state index contributed by atoms with van der Waals surface area (Å²) in [5.41, 5.74) is 7.16. The highest BCUT2D eigenvalue weighted by Crippen LogP contribution is 2.29. The monoisotopic (exact) mass is 370 g/mol. The van der Waals surface area contributed by atoms with E-state index in [0.29, 0.717) is 16.3 Å². The van der Waals surface area contributed by atoms with E-state index in [0.717, 1.165) is 21.5 Å². The Bertz CT molecular complexity index is 613. The number of thiophene rings is 1. The number of hydrogen-bond donors (Lipinski definition) is 2. The second-order valence-electron chi connectivity index (χ2n) is 4.15. The number of rotatable bonds is 5. The van der Waals surface area contributed by atoms with Gasteiger partial charge in [-0.2, -0.15) is 0 Å². The van der Waals surface area contributed by atoms with Crippen LogP contribution >= 0.6 is 39.0 Å². The van der Waals surface area contributed by atoms with Crippen LogP contribution in [0.4, 0.5) is 11.4 Å². The van der Waals surface area contributed by atoms with Crippen LogP contribution in [0.3, 0.4) is 0 Å². The van der Waals surface area contributed by atoms with E-state index in [1.165, 1.54) is 11.3 Å². The number of nitrogens with two attached hydrogens (primary N) is 1. The van der Waals surface area contributed by atoms with Crippen molar-refractivity contribution in [2.45, 2.75) is 18.2 Å². The molecule has 0 spiro atoms. The summed E-state index contributed by atoms with van der Waals surface area (Å²) >= 11 is 6.52. The van der Waals surface area contributed by atoms with Crippen LogP contribution in [0.15, 0.2) is 39.0 Å². The van der Waals surface area contributed by atoms with Crippen LogP contribution < -0.4 is 11.1 Å². The smallest absolute Gasteiger partial charge is 0.266 e. The largest absolute Gasteiger partial charge is 0.397 e. The summed E-state index contributed by atoms with van der Waals surface area (Å²) in [5, 5.41) is 4.74. The summed E-state index contributed by atoms with van der Waals surface area (Å²) in [5.74, 6) is 0.907. The molecule has 3 nitrogen and oxygen atoms in total. The van der Waals surface area contributed by atoms with E-state index in [1.54, 1.807) is 11.8 Å². The van der Waals surface area contributed by atoms with Crippen molar-refractivity contribution in [1.29, 1.82) is 0 Å². The molecule has 0 aliphatic carbocycles. The third-order valence-electron chi connectivity index (χ3n) is 2.57. The fourth-order valence-electron chi connectivity index (χ4n) is 1.59. The quantitative estimate of drug-likeness (QED) is 0.584. The van der Waals surface area contributed by atoms with E-state index in [2.05, 4.69) is 28.2 Å². The lowest BCUT2D eigenvalue weighted by Crippen LogP contribution is -2.12. The summed E-state index contributed by atoms with van der Waals surface area (Å²) in [6, 6.07) is 7.59. The molecular formula is C14H15BrN2OS2. The summed E-state index contributed by atoms with van der Waals surface area (Å²) in [6.45, 7) is 2.14. The van der Waals surface area contributed by atoms with Crippen LogP contribution in [0.2, 0.25) is 0 Å². The van der Waals surface area contributed by atoms with Gasteiger partial charge in [-0.15, -0.1) is 23.1 Å². The van der Waals surface area contributed by atoms with Crippen molar-refractivity contribution in [3.63, 3.8) is 0 Å². The third kappa shape index (κ3) is 3.77. The lowest BCUT2D eigenvalue weighted by molar-refractivity contribution is 0.103. The van der Waals surface area contributed by atoms with Crippen molar-refractivity contribution in [3.8, 4) is 0 Å². The Morgan fingerprint density at radius 2 is 2.25 bits per heavy atom. The maximum absolute atomic E-state index is 12.2. The summed E-state index contributed by atoms with van der Waals surface area (Å²) in [4.78, 5) is 13.9. The first kappa shape index (κ1) is 15.4. The fraction of sp³-hybridized carbons (Fsp3) is 0.214. The molecule has 0 aliphatic rings. The van der Waals surface area contributed by atoms with Crippen LogP contribution in [0, 0.1) is 0 Å². The molecule has 0 aliphatic heterocycles. The maximum atomic E-state index is 12.2. The summed E-state index contributed by atoms with van der Waals surface area (Å²) in [6.07, 6.45) is 1.11. The molecule has 1 aromatic heterocycles. The molecule has 2 rings (SSSR count). The Morgan fingerprint density at radius 1 is 1.45 bits per heavy atom. The van der Waals surface area contributed by atoms with Crippen LogP contribution in [-0.2, 0) is 0 Å². The Balaban J connectivity index is 2.16. The molecule has 0 saturated carbocycles. The molecule has 2 aromatic rings. The van der Waals surface area contributed by atoms with E-state index >= 15 is 0 Å². The van der Waals surface area contributed by atoms with E-state index in [1.807, 2.05) is 29.6 Å². The second-order valence-corrected chi connectivity index (χ2v) is 7.09. The number of carbonyl (C=O) groups is 1. The minimum Gasteiger partial charge on any atom is -0.397 e. The molecule has 0 unspecified atom stereocenters. The average molecular weight is 371 g/mol. The van der Waals surface area contributed by atoms with Crippen LogP contribution in [0.25, 0.3) is 0 Å². The fourth-order valence-corrected chi connectivity index (χ4v) is 3.84. The molecule has 1 heterocycles. The van der Waals surface area contributed by atoms with Gasteiger partial charge in [-0.25, -0.2) is 0 Å². The van der Waals surface area contributed by atoms with Gasteiger partial charge in [0.1, 0.15) is 4.88 Å². The first-order valence-corrected chi connectivity index (χ1v) is 8.84. The maximum Gasteiger partial charge on any atom is 0.266 e. The molecule has 0 fully saturated rings. The molecule has 6 heteroatoms. The Labute approximate surface area is 135 Å². The second kappa shape index (κ2) is 7.15. The molecule has 0 saturated heterocycles. The minimum absolute atomic E-state index is 0.142. The predicted molar refractivity (Wildman–Crippen MR) is 91.8 cm³/mol. The molecule has 0 bridgehead atoms. The van der Waals surface area contributed by atoms with Crippen LogP contribution in [0.5, 0.6) is 0 Å². The number of thioether (sulfide) groups is 1. The number of anilines is 2. The molecule has 1 amide bonds. The summed E-state index contributed by atoms with van der Waals surface area (Å²) < 4.78 is 0.801. The van der Waals surface area contributed by atoms with Gasteiger partial charge in [0.25, 0.3) is 5.91 Å². The molecule has 0 radical (unpaired) electrons. The van der Waals surface area contributed by atoms with Crippen molar-refractivity contribution < 1.29 is 4.79 Å². The normalized spacial score (nSPS) is 10.5. The lowest BCUT2D eigenvalue weighted by atomic mass is 10.2. The topological polar surface area (TPSA) is 55.1 Å². The van der Waals surface area contributed by atoms with Gasteiger partial charge in [0, 0.05) is 9.37 Å². The highest BCUT2D eigenvalue weighted by atomic mass is 79.9.